The van der Waals surface area contributed by atoms with Crippen molar-refractivity contribution in [2.45, 2.75) is 57.0 Å². The van der Waals surface area contributed by atoms with Crippen LogP contribution < -0.4 is 5.32 Å². The van der Waals surface area contributed by atoms with Crippen molar-refractivity contribution in [2.24, 2.45) is 0 Å². The van der Waals surface area contributed by atoms with Gasteiger partial charge in [0.25, 0.3) is 0 Å². The highest BCUT2D eigenvalue weighted by Crippen LogP contribution is 2.23. The minimum absolute atomic E-state index is 0.0482. The van der Waals surface area contributed by atoms with Crippen molar-refractivity contribution in [1.29, 1.82) is 0 Å². The minimum Gasteiger partial charge on any atom is -0.354 e. The van der Waals surface area contributed by atoms with Gasteiger partial charge in [-0.2, -0.15) is 4.31 Å². The number of nitrogens with one attached hydrogen (secondary N) is 1. The van der Waals surface area contributed by atoms with Crippen LogP contribution in [0.1, 0.15) is 39.5 Å². The summed E-state index contributed by atoms with van der Waals surface area (Å²) < 4.78 is 28.7. The Morgan fingerprint density at radius 3 is 2.65 bits per heavy atom. The molecule has 1 saturated heterocycles. The SMILES string of the molecule is CC(C)NC(=O)CCn1nnc2cc(S(=O)(=O)N3CCCCC3)ccc21. The average Bonchev–Trinajstić information content (AvgIpc) is 3.02. The molecule has 1 amide bonds. The molecule has 0 radical (unpaired) electrons. The van der Waals surface area contributed by atoms with Crippen molar-refractivity contribution in [2.75, 3.05) is 13.1 Å². The van der Waals surface area contributed by atoms with Gasteiger partial charge in [0.05, 0.1) is 17.0 Å². The van der Waals surface area contributed by atoms with Crippen LogP contribution in [0.15, 0.2) is 23.1 Å². The van der Waals surface area contributed by atoms with Gasteiger partial charge in [-0.15, -0.1) is 5.10 Å². The van der Waals surface area contributed by atoms with E-state index in [0.29, 0.717) is 31.6 Å². The number of nitrogens with zero attached hydrogens (tertiary/aromatic N) is 4. The van der Waals surface area contributed by atoms with E-state index in [0.717, 1.165) is 24.8 Å². The molecule has 1 aromatic carbocycles. The molecule has 1 fully saturated rings. The molecular weight excluding hydrogens is 354 g/mol. The van der Waals surface area contributed by atoms with Crippen LogP contribution in [0.2, 0.25) is 0 Å². The van der Waals surface area contributed by atoms with Gasteiger partial charge in [-0.1, -0.05) is 11.6 Å². The first kappa shape index (κ1) is 18.8. The Hall–Kier alpha value is -2.00. The van der Waals surface area contributed by atoms with Crippen LogP contribution in [0.4, 0.5) is 0 Å². The fourth-order valence-electron chi connectivity index (χ4n) is 3.13. The first-order valence-corrected chi connectivity index (χ1v) is 10.4. The third kappa shape index (κ3) is 4.04. The number of carbonyl (C=O) groups is 1. The van der Waals surface area contributed by atoms with Gasteiger partial charge in [-0.05, 0) is 44.9 Å². The Labute approximate surface area is 153 Å². The van der Waals surface area contributed by atoms with Crippen molar-refractivity contribution in [3.63, 3.8) is 0 Å². The number of aryl methyl sites for hydroxylation is 1. The highest BCUT2D eigenvalue weighted by atomic mass is 32.2. The van der Waals surface area contributed by atoms with Crippen LogP contribution in [0.5, 0.6) is 0 Å². The van der Waals surface area contributed by atoms with Gasteiger partial charge < -0.3 is 5.32 Å². The molecule has 1 N–H and O–H groups in total. The molecule has 1 aliphatic rings. The van der Waals surface area contributed by atoms with Gasteiger partial charge in [0.2, 0.25) is 15.9 Å². The first-order valence-electron chi connectivity index (χ1n) is 9.01. The third-order valence-corrected chi connectivity index (χ3v) is 6.33. The minimum atomic E-state index is -3.49. The van der Waals surface area contributed by atoms with Crippen LogP contribution in [0.3, 0.4) is 0 Å². The highest BCUT2D eigenvalue weighted by Gasteiger charge is 2.26. The zero-order chi connectivity index (χ0) is 18.7. The summed E-state index contributed by atoms with van der Waals surface area (Å²) in [4.78, 5) is 12.0. The van der Waals surface area contributed by atoms with E-state index in [1.54, 1.807) is 27.2 Å². The lowest BCUT2D eigenvalue weighted by Gasteiger charge is -2.25. The molecule has 0 saturated carbocycles. The van der Waals surface area contributed by atoms with E-state index in [-0.39, 0.29) is 16.8 Å². The van der Waals surface area contributed by atoms with Gasteiger partial charge in [-0.3, -0.25) is 4.79 Å². The number of piperidine rings is 1. The second-order valence-electron chi connectivity index (χ2n) is 6.90. The molecule has 0 bridgehead atoms. The van der Waals surface area contributed by atoms with Gasteiger partial charge in [0, 0.05) is 25.6 Å². The Kier molecular flexibility index (Phi) is 5.57. The molecule has 9 heteroatoms. The highest BCUT2D eigenvalue weighted by molar-refractivity contribution is 7.89. The Morgan fingerprint density at radius 1 is 1.23 bits per heavy atom. The Morgan fingerprint density at radius 2 is 1.96 bits per heavy atom. The van der Waals surface area contributed by atoms with Crippen molar-refractivity contribution < 1.29 is 13.2 Å². The predicted molar refractivity (Wildman–Crippen MR) is 98.0 cm³/mol. The zero-order valence-electron chi connectivity index (χ0n) is 15.2. The molecule has 26 heavy (non-hydrogen) atoms. The van der Waals surface area contributed by atoms with Crippen LogP contribution in [0, 0.1) is 0 Å². The van der Waals surface area contributed by atoms with E-state index in [2.05, 4.69) is 15.6 Å². The van der Waals surface area contributed by atoms with Crippen molar-refractivity contribution in [1.82, 2.24) is 24.6 Å². The maximum Gasteiger partial charge on any atom is 0.243 e. The van der Waals surface area contributed by atoms with E-state index in [9.17, 15) is 13.2 Å². The molecule has 2 aromatic rings. The molecular formula is C17H25N5O3S. The molecule has 3 rings (SSSR count). The van der Waals surface area contributed by atoms with Crippen molar-refractivity contribution >= 4 is 27.0 Å². The number of sulfonamides is 1. The van der Waals surface area contributed by atoms with Crippen LogP contribution in [-0.2, 0) is 21.4 Å². The number of aromatic nitrogens is 3. The summed E-state index contributed by atoms with van der Waals surface area (Å²) in [5.74, 6) is -0.0482. The largest absolute Gasteiger partial charge is 0.354 e. The summed E-state index contributed by atoms with van der Waals surface area (Å²) in [5.41, 5.74) is 1.24. The van der Waals surface area contributed by atoms with E-state index in [1.807, 2.05) is 13.8 Å². The molecule has 0 spiro atoms. The quantitative estimate of drug-likeness (QED) is 0.821. The van der Waals surface area contributed by atoms with Crippen LogP contribution in [0.25, 0.3) is 11.0 Å². The van der Waals surface area contributed by atoms with Gasteiger partial charge in [0.15, 0.2) is 0 Å². The summed E-state index contributed by atoms with van der Waals surface area (Å²) in [5, 5.41) is 11.0. The molecule has 2 heterocycles. The first-order chi connectivity index (χ1) is 12.4. The number of rotatable bonds is 6. The number of hydrogen-bond donors (Lipinski definition) is 1. The van der Waals surface area contributed by atoms with E-state index in [4.69, 9.17) is 0 Å². The smallest absolute Gasteiger partial charge is 0.243 e. The summed E-state index contributed by atoms with van der Waals surface area (Å²) in [6, 6.07) is 4.97. The maximum atomic E-state index is 12.8. The summed E-state index contributed by atoms with van der Waals surface area (Å²) >= 11 is 0. The molecule has 0 atom stereocenters. The Bertz CT molecular complexity index is 885. The lowest BCUT2D eigenvalue weighted by molar-refractivity contribution is -0.121. The Balaban J connectivity index is 1.77. The predicted octanol–water partition coefficient (Wildman–Crippen LogP) is 1.52. The van der Waals surface area contributed by atoms with E-state index < -0.39 is 10.0 Å². The third-order valence-electron chi connectivity index (χ3n) is 4.44. The molecule has 1 aromatic heterocycles. The van der Waals surface area contributed by atoms with Gasteiger partial charge in [-0.25, -0.2) is 13.1 Å². The normalized spacial score (nSPS) is 16.3. The number of benzene rings is 1. The summed E-state index contributed by atoms with van der Waals surface area (Å²) in [6.07, 6.45) is 3.17. The standard InChI is InChI=1S/C17H25N5O3S/c1-13(2)18-17(23)8-11-22-16-7-6-14(12-15(16)19-20-22)26(24,25)21-9-4-3-5-10-21/h6-7,12-13H,3-5,8-11H2,1-2H3,(H,18,23). The fraction of sp³-hybridized carbons (Fsp3) is 0.588. The average molecular weight is 379 g/mol. The van der Waals surface area contributed by atoms with Crippen molar-refractivity contribution in [3.05, 3.63) is 18.2 Å². The zero-order valence-corrected chi connectivity index (χ0v) is 16.0. The second-order valence-corrected chi connectivity index (χ2v) is 8.84. The molecule has 0 unspecified atom stereocenters. The van der Waals surface area contributed by atoms with Crippen molar-refractivity contribution in [3.8, 4) is 0 Å². The lowest BCUT2D eigenvalue weighted by Crippen LogP contribution is -2.35. The van der Waals surface area contributed by atoms with Gasteiger partial charge >= 0.3 is 0 Å². The monoisotopic (exact) mass is 379 g/mol. The fourth-order valence-corrected chi connectivity index (χ4v) is 4.67. The number of amides is 1. The topological polar surface area (TPSA) is 97.2 Å². The molecule has 1 aliphatic heterocycles. The van der Waals surface area contributed by atoms with E-state index in [1.165, 1.54) is 0 Å². The molecule has 142 valence electrons. The second kappa shape index (κ2) is 7.71. The number of hydrogen-bond acceptors (Lipinski definition) is 5. The lowest BCUT2D eigenvalue weighted by atomic mass is 10.2. The molecule has 0 aliphatic carbocycles. The van der Waals surface area contributed by atoms with Gasteiger partial charge in [0.1, 0.15) is 5.52 Å². The number of fused-ring (bicyclic) bond motifs is 1. The summed E-state index contributed by atoms with van der Waals surface area (Å²) in [6.45, 7) is 5.35. The maximum absolute atomic E-state index is 12.8. The summed E-state index contributed by atoms with van der Waals surface area (Å²) in [7, 11) is -3.49. The van der Waals surface area contributed by atoms with Crippen LogP contribution >= 0.6 is 0 Å². The molecule has 8 nitrogen and oxygen atoms in total. The van der Waals surface area contributed by atoms with Crippen LogP contribution in [-0.4, -0.2) is 52.8 Å². The number of carbonyl (C=O) groups excluding carboxylic acids is 1. The van der Waals surface area contributed by atoms with E-state index >= 15 is 0 Å².